The Morgan fingerprint density at radius 3 is 2.47 bits per heavy atom. The zero-order valence-electron chi connectivity index (χ0n) is 34.8. The molecule has 3 aliphatic heterocycles. The van der Waals surface area contributed by atoms with Gasteiger partial charge >= 0.3 is 5.97 Å². The molecule has 3 unspecified atom stereocenters. The van der Waals surface area contributed by atoms with Gasteiger partial charge in [0.05, 0.1) is 42.0 Å². The molecule has 13 nitrogen and oxygen atoms in total. The van der Waals surface area contributed by atoms with Crippen molar-refractivity contribution in [2.75, 3.05) is 27.3 Å². The molecule has 3 aliphatic rings. The Morgan fingerprint density at radius 2 is 1.82 bits per heavy atom. The first kappa shape index (κ1) is 44.3. The zero-order valence-corrected chi connectivity index (χ0v) is 34.8. The van der Waals surface area contributed by atoms with Gasteiger partial charge in [0.1, 0.15) is 35.9 Å². The number of likely N-dealkylation sites (N-methyl/N-ethyl adjacent to an activating group) is 1. The van der Waals surface area contributed by atoms with Crippen molar-refractivity contribution in [2.24, 2.45) is 23.7 Å². The number of nitrogens with one attached hydrogen (secondary N) is 1. The van der Waals surface area contributed by atoms with Crippen LogP contribution in [0.2, 0.25) is 0 Å². The molecule has 13 atom stereocenters. The number of esters is 1. The van der Waals surface area contributed by atoms with Crippen molar-refractivity contribution in [3.63, 3.8) is 0 Å². The number of alkyl halides is 1. The molecule has 2 N–H and O–H groups in total. The van der Waals surface area contributed by atoms with E-state index in [2.05, 4.69) is 33.4 Å². The van der Waals surface area contributed by atoms with Crippen molar-refractivity contribution >= 4 is 17.5 Å². The number of carbonyl (C=O) groups excluding carboxylic acids is 3. The summed E-state index contributed by atoms with van der Waals surface area (Å²) in [5.41, 5.74) is -3.31. The normalized spacial score (nSPS) is 38.3. The standard InChI is InChI=1S/C43H59FN4O9/c1-12-33-43(9)34(25(3)23-54-43)27(5)35(49)24(2)21-41(7,53-19-13-14-29-15-16-30(47-29)31-22-45-17-18-46-31)38(28(6)37(51)42(8,44)40(52)56-33)57-39-36(50)32(48(10)11)20-26(4)55-39/h15-18,22,24,26-28,32-34,36,38-39,47,50H,3,12,19-21,23H2,1-2,4-11H3/t24?,26-,27?,28+,32+,33-,34+,36-,38-,39+,41-,42?,43-/m1/s1. The molecule has 0 amide bonds. The molecule has 3 fully saturated rings. The monoisotopic (exact) mass is 794 g/mol. The molecular formula is C43H59FN4O9. The van der Waals surface area contributed by atoms with Crippen molar-refractivity contribution in [3.8, 4) is 23.2 Å². The lowest BCUT2D eigenvalue weighted by molar-refractivity contribution is -0.296. The Kier molecular flexibility index (Phi) is 13.6. The first-order valence-electron chi connectivity index (χ1n) is 19.8. The summed E-state index contributed by atoms with van der Waals surface area (Å²) in [4.78, 5) is 56.3. The Morgan fingerprint density at radius 1 is 1.11 bits per heavy atom. The van der Waals surface area contributed by atoms with Crippen molar-refractivity contribution in [1.82, 2.24) is 19.9 Å². The smallest absolute Gasteiger partial charge is 0.351 e. The maximum atomic E-state index is 16.9. The third kappa shape index (κ3) is 9.09. The minimum atomic E-state index is -3.13. The zero-order chi connectivity index (χ0) is 42.0. The number of hydrogen-bond donors (Lipinski definition) is 2. The highest BCUT2D eigenvalue weighted by Gasteiger charge is 2.58. The summed E-state index contributed by atoms with van der Waals surface area (Å²) < 4.78 is 48.3. The number of aliphatic hydroxyl groups excluding tert-OH is 1. The molecule has 5 heterocycles. The van der Waals surface area contributed by atoms with Crippen LogP contribution in [-0.2, 0) is 38.1 Å². The lowest BCUT2D eigenvalue weighted by Crippen LogP contribution is -2.61. The molecule has 14 heteroatoms. The number of ketones is 2. The van der Waals surface area contributed by atoms with E-state index in [1.807, 2.05) is 32.0 Å². The fourth-order valence-corrected chi connectivity index (χ4v) is 9.04. The number of aliphatic hydroxyl groups is 1. The molecule has 2 aromatic rings. The van der Waals surface area contributed by atoms with E-state index in [1.54, 1.807) is 59.3 Å². The van der Waals surface area contributed by atoms with Crippen LogP contribution in [0.1, 0.15) is 80.3 Å². The van der Waals surface area contributed by atoms with Crippen molar-refractivity contribution in [2.45, 2.75) is 128 Å². The fraction of sp³-hybridized carbons (Fsp3) is 0.651. The second-order valence-electron chi connectivity index (χ2n) is 16.8. The van der Waals surface area contributed by atoms with E-state index in [1.165, 1.54) is 6.92 Å². The number of hydrogen-bond acceptors (Lipinski definition) is 12. The van der Waals surface area contributed by atoms with E-state index in [-0.39, 0.29) is 44.0 Å². The number of ether oxygens (including phenoxy) is 5. The van der Waals surface area contributed by atoms with Gasteiger partial charge in [-0.05, 0) is 84.7 Å². The van der Waals surface area contributed by atoms with Crippen LogP contribution in [0.3, 0.4) is 0 Å². The van der Waals surface area contributed by atoms with Crippen LogP contribution in [0.25, 0.3) is 11.4 Å². The Balaban J connectivity index is 1.58. The predicted octanol–water partition coefficient (Wildman–Crippen LogP) is 4.87. The maximum absolute atomic E-state index is 16.9. The van der Waals surface area contributed by atoms with E-state index < -0.39 is 76.9 Å². The Labute approximate surface area is 335 Å². The van der Waals surface area contributed by atoms with Crippen LogP contribution in [0.15, 0.2) is 42.9 Å². The minimum absolute atomic E-state index is 0.00361. The van der Waals surface area contributed by atoms with Gasteiger partial charge in [-0.2, -0.15) is 0 Å². The summed E-state index contributed by atoms with van der Waals surface area (Å²) in [6.45, 7) is 17.1. The van der Waals surface area contributed by atoms with Crippen LogP contribution in [0, 0.1) is 35.5 Å². The van der Waals surface area contributed by atoms with E-state index in [9.17, 15) is 19.5 Å². The van der Waals surface area contributed by atoms with Gasteiger partial charge in [0, 0.05) is 42.1 Å². The van der Waals surface area contributed by atoms with Crippen molar-refractivity contribution in [1.29, 1.82) is 0 Å². The number of H-pyrrole nitrogens is 1. The number of Topliss-reactive ketones (excluding diaryl/α,β-unsaturated/α-hetero) is 2. The quantitative estimate of drug-likeness (QED) is 0.170. The number of aromatic amines is 1. The van der Waals surface area contributed by atoms with Gasteiger partial charge in [0.15, 0.2) is 12.1 Å². The third-order valence-electron chi connectivity index (χ3n) is 12.1. The molecular weight excluding hydrogens is 735 g/mol. The Hall–Kier alpha value is -3.84. The summed E-state index contributed by atoms with van der Waals surface area (Å²) in [5, 5.41) is 11.6. The third-order valence-corrected chi connectivity index (χ3v) is 12.1. The highest BCUT2D eigenvalue weighted by molar-refractivity contribution is 6.07. The van der Waals surface area contributed by atoms with Crippen molar-refractivity contribution in [3.05, 3.63) is 48.6 Å². The molecule has 2 aromatic heterocycles. The summed E-state index contributed by atoms with van der Waals surface area (Å²) in [5.74, 6) is 0.0915. The lowest BCUT2D eigenvalue weighted by atomic mass is 9.69. The molecule has 0 radical (unpaired) electrons. The molecule has 0 spiro atoms. The van der Waals surface area contributed by atoms with E-state index in [4.69, 9.17) is 23.7 Å². The van der Waals surface area contributed by atoms with E-state index >= 15 is 4.39 Å². The molecule has 5 rings (SSSR count). The van der Waals surface area contributed by atoms with Crippen LogP contribution in [-0.4, -0.2) is 123 Å². The number of rotatable bonds is 7. The average molecular weight is 795 g/mol. The van der Waals surface area contributed by atoms with Gasteiger partial charge < -0.3 is 38.7 Å². The highest BCUT2D eigenvalue weighted by atomic mass is 19.1. The first-order valence-corrected chi connectivity index (χ1v) is 19.8. The van der Waals surface area contributed by atoms with Crippen LogP contribution >= 0.6 is 0 Å². The number of fused-ring (bicyclic) bond motifs is 1. The minimum Gasteiger partial charge on any atom is -0.457 e. The summed E-state index contributed by atoms with van der Waals surface area (Å²) in [7, 11) is 3.66. The van der Waals surface area contributed by atoms with Crippen molar-refractivity contribution < 1.29 is 47.6 Å². The molecule has 0 bridgehead atoms. The Bertz CT molecular complexity index is 1840. The van der Waals surface area contributed by atoms with Gasteiger partial charge in [-0.3, -0.25) is 19.6 Å². The number of halogens is 1. The van der Waals surface area contributed by atoms with Gasteiger partial charge in [-0.1, -0.05) is 40.2 Å². The van der Waals surface area contributed by atoms with Crippen LogP contribution in [0.5, 0.6) is 0 Å². The number of nitrogens with zero attached hydrogens (tertiary/aromatic N) is 3. The second-order valence-corrected chi connectivity index (χ2v) is 16.8. The molecule has 0 aliphatic carbocycles. The predicted molar refractivity (Wildman–Crippen MR) is 209 cm³/mol. The van der Waals surface area contributed by atoms with E-state index in [0.29, 0.717) is 23.4 Å². The molecule has 312 valence electrons. The van der Waals surface area contributed by atoms with Gasteiger partial charge in [0.2, 0.25) is 0 Å². The second kappa shape index (κ2) is 17.6. The van der Waals surface area contributed by atoms with E-state index in [0.717, 1.165) is 12.6 Å². The lowest BCUT2D eigenvalue weighted by Gasteiger charge is -2.47. The SMILES string of the molecule is C=C1CO[C@]2(C)[C@@H](CC)OC(=O)C(C)(F)C(=O)[C@H](C)[C@@H](O[C@@H]3O[C@H](C)C[C@H](N(C)C)[C@H]3O)[C@](C)(OCC#Cc3ccc(-c4cnccn4)[nH]3)CC(C)C(=O)C(C)[C@H]12. The highest BCUT2D eigenvalue weighted by Crippen LogP contribution is 2.47. The largest absolute Gasteiger partial charge is 0.457 e. The molecule has 0 saturated carbocycles. The topological polar surface area (TPSA) is 162 Å². The average Bonchev–Trinajstić information content (AvgIpc) is 3.77. The van der Waals surface area contributed by atoms with Gasteiger partial charge in [-0.25, -0.2) is 9.18 Å². The molecule has 3 saturated heterocycles. The first-order chi connectivity index (χ1) is 26.7. The molecule has 57 heavy (non-hydrogen) atoms. The van der Waals surface area contributed by atoms with Crippen LogP contribution < -0.4 is 0 Å². The van der Waals surface area contributed by atoms with Gasteiger partial charge in [-0.15, -0.1) is 0 Å². The number of cyclic esters (lactones) is 1. The number of aromatic nitrogens is 3. The van der Waals surface area contributed by atoms with Crippen LogP contribution in [0.4, 0.5) is 4.39 Å². The molecule has 0 aromatic carbocycles. The summed E-state index contributed by atoms with van der Waals surface area (Å²) >= 11 is 0. The number of carbonyl (C=O) groups is 3. The van der Waals surface area contributed by atoms with Gasteiger partial charge in [0.25, 0.3) is 5.67 Å². The maximum Gasteiger partial charge on any atom is 0.351 e. The summed E-state index contributed by atoms with van der Waals surface area (Å²) in [6, 6.07) is 3.24. The fourth-order valence-electron chi connectivity index (χ4n) is 9.04. The summed E-state index contributed by atoms with van der Waals surface area (Å²) in [6.07, 6.45) is 0.356.